The summed E-state index contributed by atoms with van der Waals surface area (Å²) in [7, 11) is 0. The third kappa shape index (κ3) is 5.35. The Morgan fingerprint density at radius 3 is 1.50 bits per heavy atom. The van der Waals surface area contributed by atoms with Crippen LogP contribution in [0.4, 0.5) is 17.3 Å². The minimum atomic E-state index is 0.635. The van der Waals surface area contributed by atoms with Crippen molar-refractivity contribution in [3.8, 4) is 62.1 Å². The lowest BCUT2D eigenvalue weighted by Crippen LogP contribution is -2.14. The summed E-state index contributed by atoms with van der Waals surface area (Å²) in [5.74, 6) is 2.78. The van der Waals surface area contributed by atoms with Crippen LogP contribution in [-0.4, -0.2) is 24.5 Å². The highest BCUT2D eigenvalue weighted by Gasteiger charge is 2.29. The van der Waals surface area contributed by atoms with Crippen LogP contribution in [0.15, 0.2) is 194 Å². The van der Waals surface area contributed by atoms with Gasteiger partial charge in [-0.15, -0.1) is 0 Å². The predicted octanol–water partition coefficient (Wildman–Crippen LogP) is 12.5. The van der Waals surface area contributed by atoms with E-state index < -0.39 is 0 Å². The van der Waals surface area contributed by atoms with Crippen molar-refractivity contribution in [3.63, 3.8) is 0 Å². The molecule has 0 saturated heterocycles. The second kappa shape index (κ2) is 13.0. The minimum absolute atomic E-state index is 0.635. The van der Waals surface area contributed by atoms with E-state index in [4.69, 9.17) is 19.9 Å². The molecule has 0 fully saturated rings. The summed E-state index contributed by atoms with van der Waals surface area (Å²) in [6, 6.07) is 67.6. The number of anilines is 3. The van der Waals surface area contributed by atoms with Crippen molar-refractivity contribution >= 4 is 39.1 Å². The smallest absolute Gasteiger partial charge is 0.220 e. The summed E-state index contributed by atoms with van der Waals surface area (Å²) in [5, 5.41) is 2.40. The molecule has 262 valence electrons. The van der Waals surface area contributed by atoms with Crippen LogP contribution in [-0.2, 0) is 0 Å². The van der Waals surface area contributed by atoms with Gasteiger partial charge >= 0.3 is 0 Å². The number of benzene rings is 8. The first kappa shape index (κ1) is 31.8. The molecule has 8 aromatic carbocycles. The summed E-state index contributed by atoms with van der Waals surface area (Å²) in [6.07, 6.45) is 0. The highest BCUT2D eigenvalue weighted by Crippen LogP contribution is 2.48. The second-order valence-corrected chi connectivity index (χ2v) is 14.0. The lowest BCUT2D eigenvalue weighted by Gasteiger charge is -2.24. The Kier molecular flexibility index (Phi) is 7.38. The van der Waals surface area contributed by atoms with Gasteiger partial charge in [-0.3, -0.25) is 9.47 Å². The number of nitrogens with zero attached hydrogens (tertiary/aromatic N) is 6. The van der Waals surface area contributed by atoms with Crippen LogP contribution in [0.2, 0.25) is 0 Å². The molecule has 0 N–H and O–H groups in total. The average molecular weight is 717 g/mol. The van der Waals surface area contributed by atoms with Gasteiger partial charge in [-0.2, -0.15) is 0 Å². The van der Waals surface area contributed by atoms with Crippen molar-refractivity contribution in [2.24, 2.45) is 0 Å². The number of aromatic nitrogens is 5. The molecule has 56 heavy (non-hydrogen) atoms. The van der Waals surface area contributed by atoms with E-state index in [-0.39, 0.29) is 0 Å². The van der Waals surface area contributed by atoms with Gasteiger partial charge in [0.2, 0.25) is 5.95 Å². The fourth-order valence-corrected chi connectivity index (χ4v) is 7.84. The van der Waals surface area contributed by atoms with E-state index in [1.165, 1.54) is 16.3 Å². The van der Waals surface area contributed by atoms with Crippen LogP contribution >= 0.6 is 0 Å². The van der Waals surface area contributed by atoms with E-state index in [1.54, 1.807) is 0 Å². The van der Waals surface area contributed by atoms with E-state index in [2.05, 4.69) is 143 Å². The monoisotopic (exact) mass is 716 g/mol. The maximum absolute atomic E-state index is 5.29. The maximum Gasteiger partial charge on any atom is 0.220 e. The first-order valence-electron chi connectivity index (χ1n) is 18.7. The van der Waals surface area contributed by atoms with E-state index >= 15 is 0 Å². The molecular formula is C50H32N6. The first-order chi connectivity index (χ1) is 27.7. The number of imidazole rings is 1. The fraction of sp³-hybridized carbons (Fsp3) is 0. The summed E-state index contributed by atoms with van der Waals surface area (Å²) in [4.78, 5) is 22.3. The van der Waals surface area contributed by atoms with E-state index in [0.29, 0.717) is 17.5 Å². The van der Waals surface area contributed by atoms with Gasteiger partial charge in [0.05, 0.1) is 22.4 Å². The summed E-state index contributed by atoms with van der Waals surface area (Å²) in [6.45, 7) is 0. The van der Waals surface area contributed by atoms with Crippen molar-refractivity contribution in [3.05, 3.63) is 194 Å². The molecule has 0 atom stereocenters. The van der Waals surface area contributed by atoms with Crippen molar-refractivity contribution in [1.82, 2.24) is 24.5 Å². The second-order valence-electron chi connectivity index (χ2n) is 14.0. The molecule has 3 heterocycles. The molecule has 0 bridgehead atoms. The van der Waals surface area contributed by atoms with Gasteiger partial charge in [-0.1, -0.05) is 152 Å². The average Bonchev–Trinajstić information content (AvgIpc) is 3.61. The van der Waals surface area contributed by atoms with E-state index in [1.807, 2.05) is 60.7 Å². The Balaban J connectivity index is 0.990. The van der Waals surface area contributed by atoms with Gasteiger partial charge < -0.3 is 0 Å². The van der Waals surface area contributed by atoms with Crippen molar-refractivity contribution in [2.75, 3.05) is 4.90 Å². The fourth-order valence-electron chi connectivity index (χ4n) is 7.84. The molecule has 6 heteroatoms. The third-order valence-corrected chi connectivity index (χ3v) is 10.6. The predicted molar refractivity (Wildman–Crippen MR) is 227 cm³/mol. The van der Waals surface area contributed by atoms with Gasteiger partial charge in [0.1, 0.15) is 0 Å². The van der Waals surface area contributed by atoms with E-state index in [0.717, 1.165) is 67.4 Å². The lowest BCUT2D eigenvalue weighted by molar-refractivity contribution is 1.05. The molecule has 6 nitrogen and oxygen atoms in total. The highest BCUT2D eigenvalue weighted by atomic mass is 15.3. The molecule has 10 aromatic rings. The SMILES string of the molecule is c1ccc(-c2nc(-c3ccccc3)nc(-c3ccc(-c4ccc(N5c6ccccc6-c6cc7ccccc7cc6-n6c5nc5ccccc56)cc4)cc3)n2)cc1. The van der Waals surface area contributed by atoms with Gasteiger partial charge in [0, 0.05) is 33.5 Å². The van der Waals surface area contributed by atoms with Crippen LogP contribution in [0.25, 0.3) is 83.9 Å². The van der Waals surface area contributed by atoms with Crippen LogP contribution < -0.4 is 4.90 Å². The van der Waals surface area contributed by atoms with Crippen LogP contribution in [0.3, 0.4) is 0 Å². The number of hydrogen-bond donors (Lipinski definition) is 0. The zero-order valence-electron chi connectivity index (χ0n) is 30.2. The summed E-state index contributed by atoms with van der Waals surface area (Å²) in [5.41, 5.74) is 12.6. The van der Waals surface area contributed by atoms with Gasteiger partial charge in [0.15, 0.2) is 17.5 Å². The standard InChI is InChI=1S/C50H32N6/c1-3-13-35(14-4-1)47-52-48(36-15-5-2-6-16-36)54-49(53-47)37-25-23-33(24-26-37)34-27-29-40(30-28-34)55-44-21-11-9-19-41(44)42-31-38-17-7-8-18-39(38)32-46(42)56-45-22-12-10-20-43(45)51-50(55)56/h1-32H. The highest BCUT2D eigenvalue weighted by molar-refractivity contribution is 6.01. The van der Waals surface area contributed by atoms with Crippen molar-refractivity contribution in [1.29, 1.82) is 0 Å². The largest absolute Gasteiger partial charge is 0.280 e. The Labute approximate surface area is 323 Å². The Hall–Kier alpha value is -7.70. The first-order valence-corrected chi connectivity index (χ1v) is 18.7. The van der Waals surface area contributed by atoms with Crippen LogP contribution in [0.5, 0.6) is 0 Å². The zero-order chi connectivity index (χ0) is 37.0. The molecule has 1 aliphatic heterocycles. The number of rotatable bonds is 5. The molecule has 0 amide bonds. The number of hydrogen-bond acceptors (Lipinski definition) is 5. The molecule has 0 saturated carbocycles. The van der Waals surface area contributed by atoms with Crippen molar-refractivity contribution in [2.45, 2.75) is 0 Å². The normalized spacial score (nSPS) is 11.9. The summed E-state index contributed by atoms with van der Waals surface area (Å²) >= 11 is 0. The lowest BCUT2D eigenvalue weighted by atomic mass is 9.97. The van der Waals surface area contributed by atoms with Crippen LogP contribution in [0, 0.1) is 0 Å². The molecule has 2 aromatic heterocycles. The quantitative estimate of drug-likeness (QED) is 0.177. The topological polar surface area (TPSA) is 59.7 Å². The molecule has 0 unspecified atom stereocenters. The molecule has 11 rings (SSSR count). The molecule has 0 spiro atoms. The minimum Gasteiger partial charge on any atom is -0.280 e. The molecular weight excluding hydrogens is 685 g/mol. The molecule has 0 radical (unpaired) electrons. The Morgan fingerprint density at radius 2 is 0.839 bits per heavy atom. The number of fused-ring (bicyclic) bond motifs is 8. The molecule has 0 aliphatic carbocycles. The maximum atomic E-state index is 5.29. The number of para-hydroxylation sites is 3. The Bertz CT molecular complexity index is 3010. The van der Waals surface area contributed by atoms with Crippen molar-refractivity contribution < 1.29 is 0 Å². The van der Waals surface area contributed by atoms with Crippen LogP contribution in [0.1, 0.15) is 0 Å². The zero-order valence-corrected chi connectivity index (χ0v) is 30.2. The third-order valence-electron chi connectivity index (χ3n) is 10.6. The Morgan fingerprint density at radius 1 is 0.339 bits per heavy atom. The van der Waals surface area contributed by atoms with Gasteiger partial charge in [-0.05, 0) is 64.4 Å². The van der Waals surface area contributed by atoms with Gasteiger partial charge in [0.25, 0.3) is 0 Å². The molecule has 1 aliphatic rings. The van der Waals surface area contributed by atoms with Gasteiger partial charge in [-0.25, -0.2) is 19.9 Å². The summed E-state index contributed by atoms with van der Waals surface area (Å²) < 4.78 is 2.32. The van der Waals surface area contributed by atoms with E-state index in [9.17, 15) is 0 Å².